The maximum absolute atomic E-state index is 16.4. The Kier molecular flexibility index (Phi) is 13.5. The van der Waals surface area contributed by atoms with Gasteiger partial charge in [0.05, 0.1) is 66.1 Å². The number of carbonyl (C=O) groups excluding carboxylic acids is 4. The molecule has 0 aliphatic carbocycles. The number of alkyl carbamates (subject to hydrolysis) is 2. The second-order valence-electron chi connectivity index (χ2n) is 19.6. The summed E-state index contributed by atoms with van der Waals surface area (Å²) in [6.45, 7) is 10.4. The van der Waals surface area contributed by atoms with Gasteiger partial charge >= 0.3 is 12.2 Å². The van der Waals surface area contributed by atoms with Gasteiger partial charge in [-0.05, 0) is 123 Å². The largest absolute Gasteiger partial charge is 0.453 e. The highest BCUT2D eigenvalue weighted by Crippen LogP contribution is 2.48. The molecule has 0 radical (unpaired) electrons. The summed E-state index contributed by atoms with van der Waals surface area (Å²) in [6.07, 6.45) is 6.70. The molecule has 4 amide bonds. The van der Waals surface area contributed by atoms with Gasteiger partial charge in [0.25, 0.3) is 0 Å². The minimum atomic E-state index is -0.732. The zero-order chi connectivity index (χ0) is 47.8. The van der Waals surface area contributed by atoms with E-state index in [1.165, 1.54) is 14.2 Å². The average molecular weight is 933 g/mol. The van der Waals surface area contributed by atoms with Crippen LogP contribution < -0.4 is 20.4 Å². The lowest BCUT2D eigenvalue weighted by atomic mass is 10.0. The van der Waals surface area contributed by atoms with Crippen molar-refractivity contribution in [2.24, 2.45) is 11.8 Å². The Bertz CT molecular complexity index is 2510. The number of imidazole rings is 2. The van der Waals surface area contributed by atoms with Crippen LogP contribution in [0, 0.1) is 17.7 Å². The van der Waals surface area contributed by atoms with Crippen molar-refractivity contribution in [3.8, 4) is 0 Å². The number of aromatic nitrogens is 4. The van der Waals surface area contributed by atoms with Gasteiger partial charge in [0.2, 0.25) is 11.8 Å². The fraction of sp³-hybridized carbons (Fsp3) is 0.529. The van der Waals surface area contributed by atoms with Crippen LogP contribution in [0.2, 0.25) is 0 Å². The first kappa shape index (κ1) is 46.7. The van der Waals surface area contributed by atoms with Crippen LogP contribution in [0.15, 0.2) is 54.6 Å². The Hall–Kier alpha value is -6.39. The molecule has 6 heterocycles. The summed E-state index contributed by atoms with van der Waals surface area (Å²) in [5.74, 6) is 0.565. The average Bonchev–Trinajstić information content (AvgIpc) is 4.20. The summed E-state index contributed by atoms with van der Waals surface area (Å²) in [4.78, 5) is 77.5. The second-order valence-corrected chi connectivity index (χ2v) is 19.6. The summed E-state index contributed by atoms with van der Waals surface area (Å²) in [6, 6.07) is 16.1. The molecule has 4 N–H and O–H groups in total. The number of hydrogen-bond donors (Lipinski definition) is 4. The van der Waals surface area contributed by atoms with Crippen LogP contribution in [0.3, 0.4) is 0 Å². The monoisotopic (exact) mass is 933 g/mol. The number of hydrogen-bond acceptors (Lipinski definition) is 10. The number of amides is 4. The van der Waals surface area contributed by atoms with Gasteiger partial charge in [-0.3, -0.25) is 9.59 Å². The molecule has 16 nitrogen and oxygen atoms in total. The van der Waals surface area contributed by atoms with E-state index in [0.717, 1.165) is 110 Å². The molecule has 2 aromatic heterocycles. The Labute approximate surface area is 396 Å². The Morgan fingerprint density at radius 2 is 1.10 bits per heavy atom. The molecule has 6 atom stereocenters. The standard InChI is InChI=1S/C51H65FN10O6/c1-29(2)44(57-50(65)67-5)48(63)60-24-10-12-42(60)46-53-35-17-14-31(26-37(35)55-46)39-20-21-40(62(39)33-16-19-41(34(52)28-33)59-22-8-7-9-23-59)32-15-18-36-38(27-32)56-47(54-36)43-13-11-25-61(43)49(64)45(30(3)4)58-51(66)68-6/h14-19,26-30,39-40,42-45H,7-13,20-25H2,1-6H3,(H,53,55)(H,54,56)(H,57,65)(H,58,66)/t39-,40?,42-,43-,44-,45-/m0/s1. The van der Waals surface area contributed by atoms with E-state index in [4.69, 9.17) is 19.4 Å². The molecule has 0 bridgehead atoms. The molecule has 0 saturated carbocycles. The number of nitrogens with zero attached hydrogens (tertiary/aromatic N) is 6. The van der Waals surface area contributed by atoms with Crippen molar-refractivity contribution < 1.29 is 33.0 Å². The zero-order valence-electron chi connectivity index (χ0n) is 40.0. The number of nitrogens with one attached hydrogen (secondary N) is 4. The number of fused-ring (bicyclic) bond motifs is 2. The number of carbonyl (C=O) groups is 4. The van der Waals surface area contributed by atoms with Gasteiger partial charge in [-0.1, -0.05) is 39.8 Å². The Morgan fingerprint density at radius 3 is 1.54 bits per heavy atom. The fourth-order valence-corrected chi connectivity index (χ4v) is 11.1. The number of H-pyrrole nitrogens is 2. The van der Waals surface area contributed by atoms with E-state index >= 15 is 4.39 Å². The molecule has 17 heteroatoms. The molecule has 4 fully saturated rings. The molecule has 4 aliphatic heterocycles. The maximum atomic E-state index is 16.4. The lowest BCUT2D eigenvalue weighted by Crippen LogP contribution is -2.51. The number of benzene rings is 3. The normalized spacial score (nSPS) is 21.8. The van der Waals surface area contributed by atoms with E-state index in [1.807, 2.05) is 55.7 Å². The van der Waals surface area contributed by atoms with E-state index in [1.54, 1.807) is 6.07 Å². The summed E-state index contributed by atoms with van der Waals surface area (Å²) >= 11 is 0. The smallest absolute Gasteiger partial charge is 0.407 e. The lowest BCUT2D eigenvalue weighted by Gasteiger charge is -2.34. The SMILES string of the molecule is COC(=O)N[C@H](C(=O)N1CCC[C@H]1c1nc2ccc(C3CC[C@@H](c4ccc5nc([C@@H]6CCCN6C(=O)[C@@H](NC(=O)OC)C(C)C)[nH]c5c4)N3c3ccc(N4CCCCC4)c(F)c3)cc2[nH]1)C(C)C. The first-order valence-electron chi connectivity index (χ1n) is 24.4. The van der Waals surface area contributed by atoms with Crippen molar-refractivity contribution in [1.29, 1.82) is 0 Å². The summed E-state index contributed by atoms with van der Waals surface area (Å²) in [5.41, 5.74) is 6.85. The van der Waals surface area contributed by atoms with E-state index in [2.05, 4.69) is 60.7 Å². The van der Waals surface area contributed by atoms with Crippen LogP contribution in [0.4, 0.5) is 25.4 Å². The molecule has 362 valence electrons. The van der Waals surface area contributed by atoms with Crippen LogP contribution >= 0.6 is 0 Å². The molecule has 5 aromatic rings. The van der Waals surface area contributed by atoms with E-state index in [0.29, 0.717) is 30.4 Å². The minimum Gasteiger partial charge on any atom is -0.453 e. The molecule has 4 saturated heterocycles. The zero-order valence-corrected chi connectivity index (χ0v) is 40.0. The second kappa shape index (κ2) is 19.7. The van der Waals surface area contributed by atoms with Crippen LogP contribution in [0.1, 0.15) is 132 Å². The predicted molar refractivity (Wildman–Crippen MR) is 258 cm³/mol. The lowest BCUT2D eigenvalue weighted by molar-refractivity contribution is -0.136. The summed E-state index contributed by atoms with van der Waals surface area (Å²) in [7, 11) is 2.58. The number of ether oxygens (including phenoxy) is 2. The van der Waals surface area contributed by atoms with E-state index in [-0.39, 0.29) is 53.6 Å². The van der Waals surface area contributed by atoms with Crippen LogP contribution in [0.5, 0.6) is 0 Å². The number of methoxy groups -OCH3 is 2. The first-order valence-corrected chi connectivity index (χ1v) is 24.4. The molecular weight excluding hydrogens is 868 g/mol. The Balaban J connectivity index is 1.02. The van der Waals surface area contributed by atoms with Crippen LogP contribution in [-0.4, -0.2) is 106 Å². The van der Waals surface area contributed by atoms with E-state index < -0.39 is 24.3 Å². The van der Waals surface area contributed by atoms with Gasteiger partial charge in [-0.25, -0.2) is 23.9 Å². The van der Waals surface area contributed by atoms with Crippen molar-refractivity contribution in [3.05, 3.63) is 83.2 Å². The minimum absolute atomic E-state index is 0.101. The molecule has 0 spiro atoms. The summed E-state index contributed by atoms with van der Waals surface area (Å²) in [5, 5.41) is 5.46. The van der Waals surface area contributed by atoms with Crippen LogP contribution in [-0.2, 0) is 19.1 Å². The molecule has 4 aliphatic rings. The third-order valence-electron chi connectivity index (χ3n) is 14.6. The number of halogens is 1. The van der Waals surface area contributed by atoms with Crippen molar-refractivity contribution in [2.75, 3.05) is 50.2 Å². The number of rotatable bonds is 12. The molecular formula is C51H65FN10O6. The van der Waals surface area contributed by atoms with Crippen LogP contribution in [0.25, 0.3) is 22.1 Å². The number of anilines is 2. The van der Waals surface area contributed by atoms with Gasteiger partial charge in [0.1, 0.15) is 29.5 Å². The quantitative estimate of drug-likeness (QED) is 0.0945. The van der Waals surface area contributed by atoms with Gasteiger partial charge < -0.3 is 49.7 Å². The highest BCUT2D eigenvalue weighted by Gasteiger charge is 2.41. The van der Waals surface area contributed by atoms with Crippen molar-refractivity contribution in [2.45, 2.75) is 122 Å². The number of likely N-dealkylation sites (tertiary alicyclic amines) is 2. The summed E-state index contributed by atoms with van der Waals surface area (Å²) < 4.78 is 26.0. The molecule has 1 unspecified atom stereocenters. The maximum Gasteiger partial charge on any atom is 0.407 e. The number of aromatic amines is 2. The topological polar surface area (TPSA) is 181 Å². The number of piperidine rings is 1. The molecule has 68 heavy (non-hydrogen) atoms. The van der Waals surface area contributed by atoms with Gasteiger partial charge in [0, 0.05) is 31.9 Å². The highest BCUT2D eigenvalue weighted by molar-refractivity contribution is 5.88. The van der Waals surface area contributed by atoms with E-state index in [9.17, 15) is 19.2 Å². The van der Waals surface area contributed by atoms with Gasteiger partial charge in [0.15, 0.2) is 0 Å². The predicted octanol–water partition coefficient (Wildman–Crippen LogP) is 8.74. The van der Waals surface area contributed by atoms with Crippen molar-refractivity contribution in [3.63, 3.8) is 0 Å². The third kappa shape index (κ3) is 9.15. The van der Waals surface area contributed by atoms with Gasteiger partial charge in [-0.15, -0.1) is 0 Å². The highest BCUT2D eigenvalue weighted by atomic mass is 19.1. The van der Waals surface area contributed by atoms with Gasteiger partial charge in [-0.2, -0.15) is 0 Å². The Morgan fingerprint density at radius 1 is 0.618 bits per heavy atom. The third-order valence-corrected chi connectivity index (χ3v) is 14.6. The van der Waals surface area contributed by atoms with Crippen molar-refractivity contribution >= 4 is 57.4 Å². The molecule has 3 aromatic carbocycles. The van der Waals surface area contributed by atoms with Crippen molar-refractivity contribution in [1.82, 2.24) is 40.4 Å². The fourth-order valence-electron chi connectivity index (χ4n) is 11.1. The first-order chi connectivity index (χ1) is 32.8. The molecule has 9 rings (SSSR count).